The lowest BCUT2D eigenvalue weighted by Gasteiger charge is -2.44. The van der Waals surface area contributed by atoms with Gasteiger partial charge < -0.3 is 10.1 Å². The Kier molecular flexibility index (Phi) is 4.73. The molecule has 1 saturated heterocycles. The number of anilines is 1. The van der Waals surface area contributed by atoms with Crippen molar-refractivity contribution in [3.63, 3.8) is 0 Å². The van der Waals surface area contributed by atoms with Crippen molar-refractivity contribution in [2.45, 2.75) is 62.8 Å². The molecule has 2 fully saturated rings. The molecule has 1 aliphatic heterocycles. The molecule has 0 radical (unpaired) electrons. The summed E-state index contributed by atoms with van der Waals surface area (Å²) in [5.41, 5.74) is -0.370. The van der Waals surface area contributed by atoms with E-state index >= 15 is 0 Å². The lowest BCUT2D eigenvalue weighted by molar-refractivity contribution is -0.137. The van der Waals surface area contributed by atoms with Crippen LogP contribution in [0.2, 0.25) is 0 Å². The SMILES string of the molecule is N#Cc1cc(C(F)(F)F)ccc1NC1CCOC2(CCCCC2)C1. The van der Waals surface area contributed by atoms with E-state index in [1.54, 1.807) is 0 Å². The maximum atomic E-state index is 12.8. The highest BCUT2D eigenvalue weighted by Crippen LogP contribution is 2.39. The van der Waals surface area contributed by atoms with Gasteiger partial charge in [-0.05, 0) is 43.9 Å². The third kappa shape index (κ3) is 3.67. The minimum Gasteiger partial charge on any atom is -0.381 e. The highest BCUT2D eigenvalue weighted by Gasteiger charge is 2.38. The standard InChI is InChI=1S/C18H21F3N2O/c19-18(20,21)14-4-5-16(13(10-14)12-22)23-15-6-9-24-17(11-15)7-2-1-3-8-17/h4-5,10,15,23H,1-3,6-9,11H2. The second-order valence-electron chi connectivity index (χ2n) is 6.80. The van der Waals surface area contributed by atoms with Crippen molar-refractivity contribution in [3.8, 4) is 6.07 Å². The number of hydrogen-bond acceptors (Lipinski definition) is 3. The van der Waals surface area contributed by atoms with Crippen LogP contribution in [0.25, 0.3) is 0 Å². The van der Waals surface area contributed by atoms with Gasteiger partial charge in [-0.3, -0.25) is 0 Å². The summed E-state index contributed by atoms with van der Waals surface area (Å²) in [6, 6.07) is 5.31. The number of nitriles is 1. The van der Waals surface area contributed by atoms with Crippen LogP contribution in [-0.4, -0.2) is 18.2 Å². The van der Waals surface area contributed by atoms with Crippen LogP contribution in [0, 0.1) is 11.3 Å². The van der Waals surface area contributed by atoms with Gasteiger partial charge in [0.05, 0.1) is 22.4 Å². The molecule has 1 spiro atoms. The Hall–Kier alpha value is -1.74. The fourth-order valence-corrected chi connectivity index (χ4v) is 3.85. The maximum Gasteiger partial charge on any atom is 0.416 e. The third-order valence-corrected chi connectivity index (χ3v) is 5.08. The Morgan fingerprint density at radius 3 is 2.62 bits per heavy atom. The fourth-order valence-electron chi connectivity index (χ4n) is 3.85. The lowest BCUT2D eigenvalue weighted by Crippen LogP contribution is -2.45. The molecule has 0 amide bonds. The van der Waals surface area contributed by atoms with Crippen molar-refractivity contribution >= 4 is 5.69 Å². The molecule has 24 heavy (non-hydrogen) atoms. The second kappa shape index (κ2) is 6.64. The van der Waals surface area contributed by atoms with Gasteiger partial charge in [0.25, 0.3) is 0 Å². The predicted molar refractivity (Wildman–Crippen MR) is 84.6 cm³/mol. The summed E-state index contributed by atoms with van der Waals surface area (Å²) >= 11 is 0. The van der Waals surface area contributed by atoms with Gasteiger partial charge in [-0.2, -0.15) is 18.4 Å². The first-order chi connectivity index (χ1) is 11.4. The van der Waals surface area contributed by atoms with E-state index in [9.17, 15) is 18.4 Å². The van der Waals surface area contributed by atoms with Crippen LogP contribution in [0.5, 0.6) is 0 Å². The molecule has 1 aliphatic carbocycles. The number of nitrogens with one attached hydrogen (secondary N) is 1. The van der Waals surface area contributed by atoms with E-state index in [4.69, 9.17) is 4.74 Å². The number of rotatable bonds is 2. The Bertz CT molecular complexity index is 625. The zero-order valence-corrected chi connectivity index (χ0v) is 13.5. The number of alkyl halides is 3. The highest BCUT2D eigenvalue weighted by atomic mass is 19.4. The molecular formula is C18H21F3N2O. The molecule has 1 aromatic rings. The molecule has 1 unspecified atom stereocenters. The van der Waals surface area contributed by atoms with Crippen LogP contribution in [0.1, 0.15) is 56.1 Å². The second-order valence-corrected chi connectivity index (χ2v) is 6.80. The first-order valence-electron chi connectivity index (χ1n) is 8.44. The molecule has 0 bridgehead atoms. The van der Waals surface area contributed by atoms with Crippen molar-refractivity contribution in [1.82, 2.24) is 0 Å². The summed E-state index contributed by atoms with van der Waals surface area (Å²) in [4.78, 5) is 0. The van der Waals surface area contributed by atoms with Crippen molar-refractivity contribution in [2.24, 2.45) is 0 Å². The number of nitrogens with zero attached hydrogens (tertiary/aromatic N) is 1. The minimum absolute atomic E-state index is 0.0361. The normalized spacial score (nSPS) is 23.7. The van der Waals surface area contributed by atoms with E-state index < -0.39 is 11.7 Å². The number of hydrogen-bond donors (Lipinski definition) is 1. The Morgan fingerprint density at radius 2 is 1.96 bits per heavy atom. The van der Waals surface area contributed by atoms with Gasteiger partial charge in [-0.15, -0.1) is 0 Å². The molecule has 1 N–H and O–H groups in total. The van der Waals surface area contributed by atoms with Gasteiger partial charge in [0.2, 0.25) is 0 Å². The zero-order chi connectivity index (χ0) is 17.2. The van der Waals surface area contributed by atoms with Crippen molar-refractivity contribution < 1.29 is 17.9 Å². The van der Waals surface area contributed by atoms with E-state index in [1.807, 2.05) is 6.07 Å². The summed E-state index contributed by atoms with van der Waals surface area (Å²) in [6.45, 7) is 0.653. The molecule has 1 atom stereocenters. The van der Waals surface area contributed by atoms with Crippen LogP contribution in [-0.2, 0) is 10.9 Å². The summed E-state index contributed by atoms with van der Waals surface area (Å²) in [7, 11) is 0. The smallest absolute Gasteiger partial charge is 0.381 e. The van der Waals surface area contributed by atoms with Gasteiger partial charge in [-0.25, -0.2) is 0 Å². The maximum absolute atomic E-state index is 12.8. The lowest BCUT2D eigenvalue weighted by atomic mass is 9.78. The van der Waals surface area contributed by atoms with E-state index in [-0.39, 0.29) is 17.2 Å². The fraction of sp³-hybridized carbons (Fsp3) is 0.611. The van der Waals surface area contributed by atoms with Crippen LogP contribution in [0.4, 0.5) is 18.9 Å². The third-order valence-electron chi connectivity index (χ3n) is 5.08. The van der Waals surface area contributed by atoms with Crippen LogP contribution in [0.15, 0.2) is 18.2 Å². The summed E-state index contributed by atoms with van der Waals surface area (Å²) in [6.07, 6.45) is 2.86. The summed E-state index contributed by atoms with van der Waals surface area (Å²) in [5.74, 6) is 0. The molecule has 2 aliphatic rings. The molecule has 3 nitrogen and oxygen atoms in total. The largest absolute Gasteiger partial charge is 0.416 e. The Balaban J connectivity index is 1.74. The molecule has 3 rings (SSSR count). The van der Waals surface area contributed by atoms with Gasteiger partial charge in [0, 0.05) is 12.6 Å². The van der Waals surface area contributed by atoms with Crippen LogP contribution >= 0.6 is 0 Å². The number of halogens is 3. The molecule has 130 valence electrons. The molecule has 1 saturated carbocycles. The summed E-state index contributed by atoms with van der Waals surface area (Å²) in [5, 5.41) is 12.5. The predicted octanol–water partition coefficient (Wildman–Crippen LogP) is 4.87. The van der Waals surface area contributed by atoms with E-state index in [2.05, 4.69) is 5.32 Å². The first-order valence-corrected chi connectivity index (χ1v) is 8.44. The molecule has 1 heterocycles. The van der Waals surface area contributed by atoms with E-state index in [0.717, 1.165) is 50.7 Å². The molecule has 6 heteroatoms. The van der Waals surface area contributed by atoms with Gasteiger partial charge in [0.15, 0.2) is 0 Å². The monoisotopic (exact) mass is 338 g/mol. The zero-order valence-electron chi connectivity index (χ0n) is 13.5. The molecule has 1 aromatic carbocycles. The van der Waals surface area contributed by atoms with Crippen molar-refractivity contribution in [3.05, 3.63) is 29.3 Å². The first kappa shape index (κ1) is 17.1. The van der Waals surface area contributed by atoms with Gasteiger partial charge in [-0.1, -0.05) is 19.3 Å². The summed E-state index contributed by atoms with van der Waals surface area (Å²) < 4.78 is 44.4. The van der Waals surface area contributed by atoms with E-state index in [0.29, 0.717) is 12.3 Å². The van der Waals surface area contributed by atoms with Crippen molar-refractivity contribution in [1.29, 1.82) is 5.26 Å². The van der Waals surface area contributed by atoms with Gasteiger partial charge in [0.1, 0.15) is 6.07 Å². The van der Waals surface area contributed by atoms with Crippen LogP contribution in [0.3, 0.4) is 0 Å². The average molecular weight is 338 g/mol. The van der Waals surface area contributed by atoms with Crippen LogP contribution < -0.4 is 5.32 Å². The topological polar surface area (TPSA) is 45.0 Å². The Morgan fingerprint density at radius 1 is 1.21 bits per heavy atom. The molecule has 0 aromatic heterocycles. The number of ether oxygens (including phenoxy) is 1. The van der Waals surface area contributed by atoms with Gasteiger partial charge >= 0.3 is 6.18 Å². The Labute approximate surface area is 139 Å². The highest BCUT2D eigenvalue weighted by molar-refractivity contribution is 5.59. The quantitative estimate of drug-likeness (QED) is 0.836. The van der Waals surface area contributed by atoms with E-state index in [1.165, 1.54) is 12.5 Å². The molecular weight excluding hydrogens is 317 g/mol. The van der Waals surface area contributed by atoms with Crippen molar-refractivity contribution in [2.75, 3.05) is 11.9 Å². The minimum atomic E-state index is -4.44. The number of benzene rings is 1. The average Bonchev–Trinajstić information content (AvgIpc) is 2.55.